The molecule has 17 heavy (non-hydrogen) atoms. The molecule has 94 valence electrons. The van der Waals surface area contributed by atoms with Gasteiger partial charge >= 0.3 is 0 Å². The lowest BCUT2D eigenvalue weighted by Gasteiger charge is -2.35. The third-order valence-electron chi connectivity index (χ3n) is 3.58. The van der Waals surface area contributed by atoms with Crippen LogP contribution in [0.4, 0.5) is 0 Å². The van der Waals surface area contributed by atoms with Gasteiger partial charge in [-0.25, -0.2) is 0 Å². The molecule has 1 saturated heterocycles. The Kier molecular flexibility index (Phi) is 4.19. The highest BCUT2D eigenvalue weighted by molar-refractivity contribution is 5.23. The van der Waals surface area contributed by atoms with Crippen molar-refractivity contribution in [1.82, 2.24) is 4.90 Å². The summed E-state index contributed by atoms with van der Waals surface area (Å²) in [6, 6.07) is 8.67. The minimum atomic E-state index is 0.640. The van der Waals surface area contributed by atoms with Crippen molar-refractivity contribution >= 4 is 0 Å². The Labute approximate surface area is 105 Å². The fraction of sp³-hybridized carbons (Fsp3) is 0.600. The van der Waals surface area contributed by atoms with E-state index in [4.69, 9.17) is 5.73 Å². The highest BCUT2D eigenvalue weighted by Gasteiger charge is 2.21. The first kappa shape index (κ1) is 12.6. The average Bonchev–Trinajstić information content (AvgIpc) is 2.28. The van der Waals surface area contributed by atoms with Crippen LogP contribution in [0.1, 0.15) is 31.4 Å². The third kappa shape index (κ3) is 3.55. The van der Waals surface area contributed by atoms with E-state index in [2.05, 4.69) is 43.0 Å². The van der Waals surface area contributed by atoms with Crippen LogP contribution in [0, 0.1) is 11.8 Å². The summed E-state index contributed by atoms with van der Waals surface area (Å²) in [5.41, 5.74) is 8.32. The van der Waals surface area contributed by atoms with E-state index < -0.39 is 0 Å². The van der Waals surface area contributed by atoms with Crippen LogP contribution in [0.2, 0.25) is 0 Å². The van der Waals surface area contributed by atoms with Crippen molar-refractivity contribution in [2.75, 3.05) is 13.1 Å². The Morgan fingerprint density at radius 3 is 2.47 bits per heavy atom. The van der Waals surface area contributed by atoms with Crippen LogP contribution in [0.25, 0.3) is 0 Å². The van der Waals surface area contributed by atoms with Gasteiger partial charge < -0.3 is 5.73 Å². The molecule has 0 saturated carbocycles. The first-order valence-corrected chi connectivity index (χ1v) is 6.67. The van der Waals surface area contributed by atoms with Gasteiger partial charge in [0.05, 0.1) is 0 Å². The minimum Gasteiger partial charge on any atom is -0.326 e. The summed E-state index contributed by atoms with van der Waals surface area (Å²) < 4.78 is 0. The number of hydrogen-bond acceptors (Lipinski definition) is 2. The van der Waals surface area contributed by atoms with Gasteiger partial charge in [-0.3, -0.25) is 4.90 Å². The maximum Gasteiger partial charge on any atom is 0.0234 e. The quantitative estimate of drug-likeness (QED) is 0.868. The molecule has 2 rings (SSSR count). The van der Waals surface area contributed by atoms with E-state index in [1.165, 1.54) is 30.6 Å². The fourth-order valence-corrected chi connectivity index (χ4v) is 3.03. The molecule has 1 fully saturated rings. The summed E-state index contributed by atoms with van der Waals surface area (Å²) in [6.45, 7) is 8.90. The van der Waals surface area contributed by atoms with Gasteiger partial charge in [-0.2, -0.15) is 0 Å². The van der Waals surface area contributed by atoms with Gasteiger partial charge in [0.2, 0.25) is 0 Å². The van der Waals surface area contributed by atoms with Crippen molar-refractivity contribution in [2.45, 2.75) is 33.4 Å². The van der Waals surface area contributed by atoms with Crippen LogP contribution >= 0.6 is 0 Å². The van der Waals surface area contributed by atoms with Crippen molar-refractivity contribution in [3.8, 4) is 0 Å². The SMILES string of the molecule is CC1CC(C)CN(Cc2cccc(CN)c2)C1. The summed E-state index contributed by atoms with van der Waals surface area (Å²) in [6.07, 6.45) is 1.37. The molecule has 1 aromatic rings. The molecule has 0 aliphatic carbocycles. The molecule has 2 heteroatoms. The summed E-state index contributed by atoms with van der Waals surface area (Å²) in [5.74, 6) is 1.66. The lowest BCUT2D eigenvalue weighted by atomic mass is 9.91. The molecule has 0 spiro atoms. The van der Waals surface area contributed by atoms with E-state index in [0.717, 1.165) is 18.4 Å². The van der Waals surface area contributed by atoms with Crippen molar-refractivity contribution in [1.29, 1.82) is 0 Å². The number of hydrogen-bond donors (Lipinski definition) is 1. The second-order valence-electron chi connectivity index (χ2n) is 5.66. The number of nitrogens with zero attached hydrogens (tertiary/aromatic N) is 1. The summed E-state index contributed by atoms with van der Waals surface area (Å²) in [7, 11) is 0. The van der Waals surface area contributed by atoms with Crippen molar-refractivity contribution < 1.29 is 0 Å². The van der Waals surface area contributed by atoms with Gasteiger partial charge in [0, 0.05) is 26.2 Å². The summed E-state index contributed by atoms with van der Waals surface area (Å²) in [4.78, 5) is 2.58. The molecule has 2 N–H and O–H groups in total. The Morgan fingerprint density at radius 2 is 1.82 bits per heavy atom. The van der Waals surface area contributed by atoms with Gasteiger partial charge in [0.25, 0.3) is 0 Å². The zero-order valence-electron chi connectivity index (χ0n) is 11.0. The van der Waals surface area contributed by atoms with E-state index in [1.54, 1.807) is 0 Å². The standard InChI is InChI=1S/C15H24N2/c1-12-6-13(2)10-17(9-12)11-15-5-3-4-14(7-15)8-16/h3-5,7,12-13H,6,8-11,16H2,1-2H3. The van der Waals surface area contributed by atoms with Crippen LogP contribution in [0.3, 0.4) is 0 Å². The van der Waals surface area contributed by atoms with Gasteiger partial charge in [0.1, 0.15) is 0 Å². The number of piperidine rings is 1. The average molecular weight is 232 g/mol. The smallest absolute Gasteiger partial charge is 0.0234 e. The van der Waals surface area contributed by atoms with Crippen molar-refractivity contribution in [3.05, 3.63) is 35.4 Å². The monoisotopic (exact) mass is 232 g/mol. The molecule has 1 aliphatic heterocycles. The Morgan fingerprint density at radius 1 is 1.18 bits per heavy atom. The molecule has 0 bridgehead atoms. The molecule has 1 aliphatic rings. The van der Waals surface area contributed by atoms with E-state index in [0.29, 0.717) is 6.54 Å². The molecule has 2 atom stereocenters. The van der Waals surface area contributed by atoms with Crippen LogP contribution in [0.5, 0.6) is 0 Å². The molecule has 0 radical (unpaired) electrons. The van der Waals surface area contributed by atoms with Gasteiger partial charge in [-0.15, -0.1) is 0 Å². The molecule has 0 aromatic heterocycles. The van der Waals surface area contributed by atoms with E-state index in [9.17, 15) is 0 Å². The van der Waals surface area contributed by atoms with Crippen LogP contribution in [0.15, 0.2) is 24.3 Å². The van der Waals surface area contributed by atoms with Crippen molar-refractivity contribution in [3.63, 3.8) is 0 Å². The normalized spacial score (nSPS) is 26.1. The second-order valence-corrected chi connectivity index (χ2v) is 5.66. The first-order valence-electron chi connectivity index (χ1n) is 6.67. The lowest BCUT2D eigenvalue weighted by Crippen LogP contribution is -2.38. The third-order valence-corrected chi connectivity index (χ3v) is 3.58. The van der Waals surface area contributed by atoms with Gasteiger partial charge in [0.15, 0.2) is 0 Å². The van der Waals surface area contributed by atoms with E-state index >= 15 is 0 Å². The number of likely N-dealkylation sites (tertiary alicyclic amines) is 1. The second kappa shape index (κ2) is 5.65. The zero-order valence-corrected chi connectivity index (χ0v) is 11.0. The molecule has 1 aromatic carbocycles. The molecule has 1 heterocycles. The Hall–Kier alpha value is -0.860. The number of benzene rings is 1. The molecule has 2 nitrogen and oxygen atoms in total. The van der Waals surface area contributed by atoms with Gasteiger partial charge in [-0.1, -0.05) is 38.1 Å². The van der Waals surface area contributed by atoms with Gasteiger partial charge in [-0.05, 0) is 29.4 Å². The largest absolute Gasteiger partial charge is 0.326 e. The van der Waals surface area contributed by atoms with Crippen molar-refractivity contribution in [2.24, 2.45) is 17.6 Å². The lowest BCUT2D eigenvalue weighted by molar-refractivity contribution is 0.134. The molecular weight excluding hydrogens is 208 g/mol. The first-order chi connectivity index (χ1) is 8.17. The summed E-state index contributed by atoms with van der Waals surface area (Å²) in [5, 5.41) is 0. The highest BCUT2D eigenvalue weighted by Crippen LogP contribution is 2.22. The predicted molar refractivity (Wildman–Crippen MR) is 72.6 cm³/mol. The molecule has 2 unspecified atom stereocenters. The van der Waals surface area contributed by atoms with Crippen LogP contribution < -0.4 is 5.73 Å². The summed E-state index contributed by atoms with van der Waals surface area (Å²) >= 11 is 0. The van der Waals surface area contributed by atoms with Crippen LogP contribution in [-0.2, 0) is 13.1 Å². The topological polar surface area (TPSA) is 29.3 Å². The highest BCUT2D eigenvalue weighted by atomic mass is 15.1. The predicted octanol–water partition coefficient (Wildman–Crippen LogP) is 2.62. The van der Waals surface area contributed by atoms with E-state index in [1.807, 2.05) is 0 Å². The number of nitrogens with two attached hydrogens (primary N) is 1. The maximum atomic E-state index is 5.68. The Bertz CT molecular complexity index is 352. The van der Waals surface area contributed by atoms with Crippen LogP contribution in [-0.4, -0.2) is 18.0 Å². The maximum absolute atomic E-state index is 5.68. The number of rotatable bonds is 3. The Balaban J connectivity index is 1.99. The van der Waals surface area contributed by atoms with E-state index in [-0.39, 0.29) is 0 Å². The zero-order chi connectivity index (χ0) is 12.3. The fourth-order valence-electron chi connectivity index (χ4n) is 3.03. The molecular formula is C15H24N2. The molecule has 0 amide bonds. The minimum absolute atomic E-state index is 0.640.